The third-order valence-electron chi connectivity index (χ3n) is 5.60. The summed E-state index contributed by atoms with van der Waals surface area (Å²) >= 11 is 0. The summed E-state index contributed by atoms with van der Waals surface area (Å²) in [6, 6.07) is 7.44. The molecule has 0 unspecified atom stereocenters. The molecule has 1 aliphatic carbocycles. The normalized spacial score (nSPS) is 15.0. The van der Waals surface area contributed by atoms with Gasteiger partial charge in [-0.3, -0.25) is 5.43 Å². The number of fused-ring (bicyclic) bond motifs is 1. The number of aliphatic hydroxyl groups is 1. The van der Waals surface area contributed by atoms with Crippen molar-refractivity contribution in [1.29, 1.82) is 0 Å². The molecule has 0 saturated heterocycles. The van der Waals surface area contributed by atoms with Crippen LogP contribution in [0.25, 0.3) is 0 Å². The second-order valence-electron chi connectivity index (χ2n) is 9.19. The van der Waals surface area contributed by atoms with Gasteiger partial charge in [-0.25, -0.2) is 9.97 Å². The number of nitrogens with one attached hydrogen (secondary N) is 1. The first kappa shape index (κ1) is 24.0. The number of phenolic OH excluding ortho intramolecular Hbond substituents is 1. The smallest absolute Gasteiger partial charge is 0.152 e. The molecule has 3 rings (SSSR count). The summed E-state index contributed by atoms with van der Waals surface area (Å²) in [5, 5.41) is 24.6. The van der Waals surface area contributed by atoms with Gasteiger partial charge in [0, 0.05) is 31.1 Å². The first-order valence-corrected chi connectivity index (χ1v) is 11.8. The standard InChI is InChI=1S/C25H37N5O2/c1-5-14-30(15-6-2)24-17-23(26-22(27-24)12-13-25(3,4)32)29-28-21-9-7-8-18-16-19(31)10-11-20(18)21/h10-11,16-17,31-32H,5-9,12-15H2,1-4H3,(H,26,27,29)/b28-21+. The van der Waals surface area contributed by atoms with Crippen molar-refractivity contribution in [2.75, 3.05) is 23.4 Å². The molecule has 0 saturated carbocycles. The van der Waals surface area contributed by atoms with Crippen molar-refractivity contribution < 1.29 is 10.2 Å². The van der Waals surface area contributed by atoms with Crippen LogP contribution < -0.4 is 10.3 Å². The maximum absolute atomic E-state index is 10.2. The van der Waals surface area contributed by atoms with E-state index in [1.807, 2.05) is 18.2 Å². The highest BCUT2D eigenvalue weighted by molar-refractivity contribution is 6.03. The number of benzene rings is 1. The van der Waals surface area contributed by atoms with Gasteiger partial charge in [-0.15, -0.1) is 0 Å². The van der Waals surface area contributed by atoms with Crippen molar-refractivity contribution in [3.05, 3.63) is 41.2 Å². The van der Waals surface area contributed by atoms with Gasteiger partial charge in [-0.2, -0.15) is 5.10 Å². The fourth-order valence-electron chi connectivity index (χ4n) is 4.00. The Hall–Kier alpha value is -2.67. The molecule has 0 atom stereocenters. The molecule has 0 aliphatic heterocycles. The number of aromatic nitrogens is 2. The molecule has 1 aromatic heterocycles. The first-order valence-electron chi connectivity index (χ1n) is 11.8. The van der Waals surface area contributed by atoms with Gasteiger partial charge < -0.3 is 15.1 Å². The van der Waals surface area contributed by atoms with Crippen LogP contribution in [0.15, 0.2) is 29.4 Å². The topological polar surface area (TPSA) is 93.9 Å². The minimum absolute atomic E-state index is 0.293. The summed E-state index contributed by atoms with van der Waals surface area (Å²) in [6.07, 6.45) is 6.09. The average Bonchev–Trinajstić information content (AvgIpc) is 2.75. The Balaban J connectivity index is 1.89. The monoisotopic (exact) mass is 439 g/mol. The zero-order chi connectivity index (χ0) is 23.1. The van der Waals surface area contributed by atoms with Crippen molar-refractivity contribution in [2.45, 2.75) is 78.2 Å². The number of rotatable bonds is 10. The van der Waals surface area contributed by atoms with Gasteiger partial charge in [0.25, 0.3) is 0 Å². The average molecular weight is 440 g/mol. The van der Waals surface area contributed by atoms with Crippen LogP contribution >= 0.6 is 0 Å². The van der Waals surface area contributed by atoms with Gasteiger partial charge >= 0.3 is 0 Å². The van der Waals surface area contributed by atoms with Crippen LogP contribution in [-0.2, 0) is 12.8 Å². The summed E-state index contributed by atoms with van der Waals surface area (Å²) < 4.78 is 0. The number of hydrogen-bond acceptors (Lipinski definition) is 7. The number of hydrazone groups is 1. The van der Waals surface area contributed by atoms with Gasteiger partial charge in [0.2, 0.25) is 0 Å². The zero-order valence-electron chi connectivity index (χ0n) is 19.9. The van der Waals surface area contributed by atoms with Gasteiger partial charge in [0.15, 0.2) is 5.82 Å². The molecular weight excluding hydrogens is 402 g/mol. The van der Waals surface area contributed by atoms with Crippen LogP contribution in [-0.4, -0.2) is 44.6 Å². The molecule has 0 radical (unpaired) electrons. The lowest BCUT2D eigenvalue weighted by atomic mass is 9.90. The van der Waals surface area contributed by atoms with E-state index < -0.39 is 5.60 Å². The Bertz CT molecular complexity index is 930. The van der Waals surface area contributed by atoms with E-state index in [1.165, 1.54) is 0 Å². The van der Waals surface area contributed by atoms with Crippen molar-refractivity contribution in [2.24, 2.45) is 5.10 Å². The molecule has 1 heterocycles. The first-order chi connectivity index (χ1) is 15.3. The Morgan fingerprint density at radius 2 is 1.84 bits per heavy atom. The molecule has 7 nitrogen and oxygen atoms in total. The highest BCUT2D eigenvalue weighted by atomic mass is 16.3. The fourth-order valence-corrected chi connectivity index (χ4v) is 4.00. The maximum atomic E-state index is 10.2. The molecule has 0 bridgehead atoms. The van der Waals surface area contributed by atoms with E-state index in [9.17, 15) is 10.2 Å². The SMILES string of the molecule is CCCN(CCC)c1cc(N/N=C2\CCCc3cc(O)ccc32)nc(CCC(C)(C)O)n1. The molecule has 7 heteroatoms. The Kier molecular flexibility index (Phi) is 8.07. The lowest BCUT2D eigenvalue weighted by molar-refractivity contribution is 0.0708. The van der Waals surface area contributed by atoms with E-state index in [4.69, 9.17) is 10.1 Å². The Morgan fingerprint density at radius 1 is 1.09 bits per heavy atom. The number of nitrogens with zero attached hydrogens (tertiary/aromatic N) is 4. The van der Waals surface area contributed by atoms with Crippen LogP contribution in [0.2, 0.25) is 0 Å². The number of hydrogen-bond donors (Lipinski definition) is 3. The predicted octanol–water partition coefficient (Wildman–Crippen LogP) is 4.66. The molecule has 32 heavy (non-hydrogen) atoms. The third-order valence-corrected chi connectivity index (χ3v) is 5.60. The molecule has 0 spiro atoms. The Morgan fingerprint density at radius 3 is 2.53 bits per heavy atom. The molecule has 3 N–H and O–H groups in total. The van der Waals surface area contributed by atoms with E-state index in [0.717, 1.165) is 67.9 Å². The van der Waals surface area contributed by atoms with Gasteiger partial charge in [-0.1, -0.05) is 13.8 Å². The van der Waals surface area contributed by atoms with Crippen molar-refractivity contribution in [1.82, 2.24) is 9.97 Å². The van der Waals surface area contributed by atoms with Crippen LogP contribution in [0.5, 0.6) is 5.75 Å². The Labute approximate surface area is 191 Å². The lowest BCUT2D eigenvalue weighted by Crippen LogP contribution is -2.27. The minimum atomic E-state index is -0.767. The van der Waals surface area contributed by atoms with E-state index in [-0.39, 0.29) is 0 Å². The zero-order valence-corrected chi connectivity index (χ0v) is 19.9. The molecule has 2 aromatic rings. The number of aromatic hydroxyl groups is 1. The molecule has 1 aromatic carbocycles. The summed E-state index contributed by atoms with van der Waals surface area (Å²) in [4.78, 5) is 11.8. The highest BCUT2D eigenvalue weighted by Crippen LogP contribution is 2.26. The molecule has 1 aliphatic rings. The summed E-state index contributed by atoms with van der Waals surface area (Å²) in [5.41, 5.74) is 5.59. The van der Waals surface area contributed by atoms with E-state index in [1.54, 1.807) is 19.9 Å². The molecule has 0 amide bonds. The van der Waals surface area contributed by atoms with E-state index in [2.05, 4.69) is 29.2 Å². The molecular formula is C25H37N5O2. The van der Waals surface area contributed by atoms with Crippen LogP contribution in [0.3, 0.4) is 0 Å². The van der Waals surface area contributed by atoms with Gasteiger partial charge in [-0.05, 0) is 76.1 Å². The summed E-state index contributed by atoms with van der Waals surface area (Å²) in [6.45, 7) is 9.81. The van der Waals surface area contributed by atoms with Crippen LogP contribution in [0, 0.1) is 0 Å². The number of aryl methyl sites for hydroxylation is 2. The second-order valence-corrected chi connectivity index (χ2v) is 9.19. The number of phenols is 1. The lowest BCUT2D eigenvalue weighted by Gasteiger charge is -2.24. The molecule has 174 valence electrons. The quantitative estimate of drug-likeness (QED) is 0.466. The second kappa shape index (κ2) is 10.8. The largest absolute Gasteiger partial charge is 0.508 e. The predicted molar refractivity (Wildman–Crippen MR) is 131 cm³/mol. The van der Waals surface area contributed by atoms with Gasteiger partial charge in [0.05, 0.1) is 11.3 Å². The third kappa shape index (κ3) is 6.66. The highest BCUT2D eigenvalue weighted by Gasteiger charge is 2.18. The minimum Gasteiger partial charge on any atom is -0.508 e. The van der Waals surface area contributed by atoms with E-state index in [0.29, 0.717) is 30.2 Å². The van der Waals surface area contributed by atoms with Crippen LogP contribution in [0.1, 0.15) is 76.8 Å². The van der Waals surface area contributed by atoms with Gasteiger partial charge in [0.1, 0.15) is 17.4 Å². The maximum Gasteiger partial charge on any atom is 0.152 e. The van der Waals surface area contributed by atoms with Crippen LogP contribution in [0.4, 0.5) is 11.6 Å². The van der Waals surface area contributed by atoms with Crippen molar-refractivity contribution in [3.63, 3.8) is 0 Å². The van der Waals surface area contributed by atoms with Crippen molar-refractivity contribution in [3.8, 4) is 5.75 Å². The van der Waals surface area contributed by atoms with E-state index >= 15 is 0 Å². The molecule has 0 fully saturated rings. The fraction of sp³-hybridized carbons (Fsp3) is 0.560. The summed E-state index contributed by atoms with van der Waals surface area (Å²) in [5.74, 6) is 2.56. The number of anilines is 2. The van der Waals surface area contributed by atoms with Crippen molar-refractivity contribution >= 4 is 17.3 Å². The summed E-state index contributed by atoms with van der Waals surface area (Å²) in [7, 11) is 0.